The molecule has 1 saturated carbocycles. The summed E-state index contributed by atoms with van der Waals surface area (Å²) in [5, 5.41) is 12.8. The minimum Gasteiger partial charge on any atom is -0.508 e. The number of hydrogen-bond donors (Lipinski definition) is 2. The Morgan fingerprint density at radius 2 is 1.71 bits per heavy atom. The average molecular weight is 256 g/mol. The van der Waals surface area contributed by atoms with E-state index in [0.717, 1.165) is 19.0 Å². The summed E-state index contributed by atoms with van der Waals surface area (Å²) in [6, 6.07) is 8.26. The number of phenols is 1. The van der Waals surface area contributed by atoms with Gasteiger partial charge in [0.05, 0.1) is 0 Å². The van der Waals surface area contributed by atoms with Crippen molar-refractivity contribution in [1.29, 1.82) is 0 Å². The Kier molecular flexibility index (Phi) is 6.38. The van der Waals surface area contributed by atoms with E-state index in [1.807, 2.05) is 12.1 Å². The third kappa shape index (κ3) is 4.97. The van der Waals surface area contributed by atoms with Gasteiger partial charge in [-0.2, -0.15) is 0 Å². The molecular weight excluding hydrogens is 234 g/mol. The minimum absolute atomic E-state index is 0. The molecule has 0 spiro atoms. The van der Waals surface area contributed by atoms with Crippen LogP contribution in [-0.2, 0) is 6.42 Å². The van der Waals surface area contributed by atoms with E-state index < -0.39 is 0 Å². The lowest BCUT2D eigenvalue weighted by atomic mass is 9.95. The topological polar surface area (TPSA) is 32.3 Å². The van der Waals surface area contributed by atoms with Crippen LogP contribution in [0.1, 0.15) is 37.7 Å². The fraction of sp³-hybridized carbons (Fsp3) is 0.571. The molecular formula is C14H22ClNO. The van der Waals surface area contributed by atoms with Gasteiger partial charge in [-0.15, -0.1) is 12.4 Å². The summed E-state index contributed by atoms with van der Waals surface area (Å²) in [7, 11) is 0. The van der Waals surface area contributed by atoms with E-state index in [2.05, 4.69) is 5.32 Å². The van der Waals surface area contributed by atoms with Crippen LogP contribution in [0.5, 0.6) is 5.75 Å². The van der Waals surface area contributed by atoms with Crippen molar-refractivity contribution in [3.8, 4) is 5.75 Å². The maximum atomic E-state index is 9.17. The number of phenolic OH excluding ortho intramolecular Hbond substituents is 1. The lowest BCUT2D eigenvalue weighted by Crippen LogP contribution is -2.32. The van der Waals surface area contributed by atoms with Crippen molar-refractivity contribution >= 4 is 12.4 Å². The molecule has 0 aliphatic heterocycles. The zero-order valence-corrected chi connectivity index (χ0v) is 11.0. The van der Waals surface area contributed by atoms with Gasteiger partial charge >= 0.3 is 0 Å². The summed E-state index contributed by atoms with van der Waals surface area (Å²) in [4.78, 5) is 0. The molecule has 2 N–H and O–H groups in total. The van der Waals surface area contributed by atoms with Gasteiger partial charge < -0.3 is 10.4 Å². The fourth-order valence-electron chi connectivity index (χ4n) is 2.39. The summed E-state index contributed by atoms with van der Waals surface area (Å²) >= 11 is 0. The molecule has 0 saturated heterocycles. The van der Waals surface area contributed by atoms with Crippen molar-refractivity contribution in [2.24, 2.45) is 0 Å². The molecule has 0 radical (unpaired) electrons. The van der Waals surface area contributed by atoms with Crippen LogP contribution in [0.4, 0.5) is 0 Å². The Bertz CT molecular complexity index is 307. The van der Waals surface area contributed by atoms with Gasteiger partial charge in [0.1, 0.15) is 5.75 Å². The van der Waals surface area contributed by atoms with Crippen LogP contribution >= 0.6 is 12.4 Å². The maximum Gasteiger partial charge on any atom is 0.115 e. The van der Waals surface area contributed by atoms with Crippen LogP contribution in [0, 0.1) is 0 Å². The van der Waals surface area contributed by atoms with E-state index in [9.17, 15) is 5.11 Å². The Labute approximate surface area is 110 Å². The van der Waals surface area contributed by atoms with Crippen molar-refractivity contribution in [2.75, 3.05) is 6.54 Å². The normalized spacial score (nSPS) is 16.5. The first-order valence-corrected chi connectivity index (χ1v) is 6.36. The van der Waals surface area contributed by atoms with Gasteiger partial charge in [-0.1, -0.05) is 31.4 Å². The Hall–Kier alpha value is -0.730. The summed E-state index contributed by atoms with van der Waals surface area (Å²) in [5.41, 5.74) is 1.29. The Morgan fingerprint density at radius 3 is 2.35 bits per heavy atom. The minimum atomic E-state index is 0. The lowest BCUT2D eigenvalue weighted by Gasteiger charge is -2.22. The molecule has 0 aromatic heterocycles. The van der Waals surface area contributed by atoms with Gasteiger partial charge in [0.2, 0.25) is 0 Å². The van der Waals surface area contributed by atoms with Gasteiger partial charge in [0, 0.05) is 6.04 Å². The van der Waals surface area contributed by atoms with E-state index in [4.69, 9.17) is 0 Å². The SMILES string of the molecule is Cl.Oc1ccc(CCNC2CCCCC2)cc1. The monoisotopic (exact) mass is 255 g/mol. The highest BCUT2D eigenvalue weighted by Gasteiger charge is 2.11. The zero-order chi connectivity index (χ0) is 11.2. The van der Waals surface area contributed by atoms with Crippen molar-refractivity contribution in [1.82, 2.24) is 5.32 Å². The fourth-order valence-corrected chi connectivity index (χ4v) is 2.39. The highest BCUT2D eigenvalue weighted by molar-refractivity contribution is 5.85. The predicted molar refractivity (Wildman–Crippen MR) is 73.9 cm³/mol. The number of rotatable bonds is 4. The number of hydrogen-bond acceptors (Lipinski definition) is 2. The molecule has 1 aliphatic carbocycles. The lowest BCUT2D eigenvalue weighted by molar-refractivity contribution is 0.375. The first-order chi connectivity index (χ1) is 7.84. The summed E-state index contributed by atoms with van der Waals surface area (Å²) in [6.45, 7) is 1.05. The molecule has 1 aliphatic rings. The molecule has 3 heteroatoms. The van der Waals surface area contributed by atoms with Crippen molar-refractivity contribution < 1.29 is 5.11 Å². The van der Waals surface area contributed by atoms with E-state index in [0.29, 0.717) is 5.75 Å². The van der Waals surface area contributed by atoms with Crippen LogP contribution in [0.25, 0.3) is 0 Å². The number of aromatic hydroxyl groups is 1. The van der Waals surface area contributed by atoms with Crippen LogP contribution in [0.15, 0.2) is 24.3 Å². The quantitative estimate of drug-likeness (QED) is 0.866. The third-order valence-corrected chi connectivity index (χ3v) is 3.39. The smallest absolute Gasteiger partial charge is 0.115 e. The van der Waals surface area contributed by atoms with E-state index in [1.165, 1.54) is 37.7 Å². The van der Waals surface area contributed by atoms with Crippen molar-refractivity contribution in [2.45, 2.75) is 44.6 Å². The first kappa shape index (κ1) is 14.3. The second kappa shape index (κ2) is 7.57. The van der Waals surface area contributed by atoms with Crippen LogP contribution in [0.2, 0.25) is 0 Å². The van der Waals surface area contributed by atoms with Gasteiger partial charge in [0.25, 0.3) is 0 Å². The predicted octanol–water partition coefficient (Wildman–Crippen LogP) is 3.28. The molecule has 1 fully saturated rings. The molecule has 2 nitrogen and oxygen atoms in total. The summed E-state index contributed by atoms with van der Waals surface area (Å²) in [6.07, 6.45) is 7.92. The van der Waals surface area contributed by atoms with Gasteiger partial charge in [-0.3, -0.25) is 0 Å². The molecule has 0 unspecified atom stereocenters. The third-order valence-electron chi connectivity index (χ3n) is 3.39. The number of halogens is 1. The summed E-state index contributed by atoms with van der Waals surface area (Å²) in [5.74, 6) is 0.351. The summed E-state index contributed by atoms with van der Waals surface area (Å²) < 4.78 is 0. The molecule has 2 rings (SSSR count). The van der Waals surface area contributed by atoms with Gasteiger partial charge in [-0.25, -0.2) is 0 Å². The van der Waals surface area contributed by atoms with Crippen molar-refractivity contribution in [3.63, 3.8) is 0 Å². The van der Waals surface area contributed by atoms with E-state index in [1.54, 1.807) is 12.1 Å². The second-order valence-corrected chi connectivity index (χ2v) is 4.71. The molecule has 96 valence electrons. The number of benzene rings is 1. The van der Waals surface area contributed by atoms with Crippen LogP contribution in [-0.4, -0.2) is 17.7 Å². The van der Waals surface area contributed by atoms with Gasteiger partial charge in [-0.05, 0) is 43.5 Å². The van der Waals surface area contributed by atoms with Crippen molar-refractivity contribution in [3.05, 3.63) is 29.8 Å². The van der Waals surface area contributed by atoms with Crippen LogP contribution in [0.3, 0.4) is 0 Å². The average Bonchev–Trinajstić information content (AvgIpc) is 2.33. The largest absolute Gasteiger partial charge is 0.508 e. The van der Waals surface area contributed by atoms with Crippen LogP contribution < -0.4 is 5.32 Å². The molecule has 0 amide bonds. The highest BCUT2D eigenvalue weighted by Crippen LogP contribution is 2.17. The Balaban J connectivity index is 0.00000144. The molecule has 17 heavy (non-hydrogen) atoms. The molecule has 0 heterocycles. The Morgan fingerprint density at radius 1 is 1.06 bits per heavy atom. The standard InChI is InChI=1S/C14H21NO.ClH/c16-14-8-6-12(7-9-14)10-11-15-13-4-2-1-3-5-13;/h6-9,13,15-16H,1-5,10-11H2;1H. The second-order valence-electron chi connectivity index (χ2n) is 4.71. The van der Waals surface area contributed by atoms with Gasteiger partial charge in [0.15, 0.2) is 0 Å². The zero-order valence-electron chi connectivity index (χ0n) is 10.2. The maximum absolute atomic E-state index is 9.17. The number of nitrogens with one attached hydrogen (secondary N) is 1. The molecule has 1 aromatic rings. The van der Waals surface area contributed by atoms with E-state index in [-0.39, 0.29) is 12.4 Å². The van der Waals surface area contributed by atoms with E-state index >= 15 is 0 Å². The molecule has 0 bridgehead atoms. The molecule has 0 atom stereocenters. The highest BCUT2D eigenvalue weighted by atomic mass is 35.5. The molecule has 1 aromatic carbocycles. The first-order valence-electron chi connectivity index (χ1n) is 6.36.